The molecule has 2 aliphatic rings. The van der Waals surface area contributed by atoms with Crippen LogP contribution in [0, 0.1) is 0 Å². The van der Waals surface area contributed by atoms with Crippen LogP contribution in [0.1, 0.15) is 49.9 Å². The summed E-state index contributed by atoms with van der Waals surface area (Å²) in [6.07, 6.45) is 0. The Hall–Kier alpha value is -4.88. The van der Waals surface area contributed by atoms with Gasteiger partial charge in [0, 0.05) is 22.2 Å². The van der Waals surface area contributed by atoms with Crippen LogP contribution in [0.5, 0.6) is 0 Å². The third-order valence-corrected chi connectivity index (χ3v) is 9.85. The van der Waals surface area contributed by atoms with E-state index in [1.54, 1.807) is 0 Å². The normalized spacial score (nSPS) is 14.9. The summed E-state index contributed by atoms with van der Waals surface area (Å²) in [4.78, 5) is 0. The fourth-order valence-corrected chi connectivity index (χ4v) is 7.42. The molecule has 1 heteroatoms. The highest BCUT2D eigenvalue weighted by Crippen LogP contribution is 2.52. The van der Waals surface area contributed by atoms with E-state index in [1.165, 1.54) is 66.8 Å². The van der Waals surface area contributed by atoms with Crippen LogP contribution >= 0.6 is 0 Å². The Labute approximate surface area is 254 Å². The van der Waals surface area contributed by atoms with E-state index in [2.05, 4.69) is 166 Å². The van der Waals surface area contributed by atoms with Crippen molar-refractivity contribution in [1.29, 1.82) is 0 Å². The Morgan fingerprint density at radius 1 is 0.349 bits per heavy atom. The van der Waals surface area contributed by atoms with Crippen molar-refractivity contribution in [2.75, 3.05) is 5.32 Å². The van der Waals surface area contributed by atoms with E-state index in [1.807, 2.05) is 0 Å². The molecule has 1 nitrogen and oxygen atoms in total. The van der Waals surface area contributed by atoms with E-state index >= 15 is 0 Å². The average molecular weight is 554 g/mol. The van der Waals surface area contributed by atoms with E-state index in [0.29, 0.717) is 0 Å². The monoisotopic (exact) mass is 553 g/mol. The van der Waals surface area contributed by atoms with Gasteiger partial charge >= 0.3 is 0 Å². The molecule has 0 aliphatic heterocycles. The summed E-state index contributed by atoms with van der Waals surface area (Å²) in [5, 5.41) is 3.77. The van der Waals surface area contributed by atoms with E-state index < -0.39 is 0 Å². The van der Waals surface area contributed by atoms with Crippen LogP contribution in [-0.2, 0) is 10.8 Å². The van der Waals surface area contributed by atoms with E-state index in [9.17, 15) is 0 Å². The molecule has 2 aliphatic carbocycles. The Morgan fingerprint density at radius 2 is 0.698 bits per heavy atom. The molecule has 0 unspecified atom stereocenters. The molecule has 0 radical (unpaired) electrons. The molecule has 1 N–H and O–H groups in total. The van der Waals surface area contributed by atoms with Gasteiger partial charge in [0.2, 0.25) is 0 Å². The number of nitrogens with one attached hydrogen (secondary N) is 1. The lowest BCUT2D eigenvalue weighted by Crippen LogP contribution is -2.15. The van der Waals surface area contributed by atoms with Crippen molar-refractivity contribution in [3.8, 4) is 44.5 Å². The number of fused-ring (bicyclic) bond motifs is 6. The summed E-state index contributed by atoms with van der Waals surface area (Å²) in [5.41, 5.74) is 18.1. The Kier molecular flexibility index (Phi) is 5.59. The Bertz CT molecular complexity index is 1880. The van der Waals surface area contributed by atoms with Crippen molar-refractivity contribution in [2.24, 2.45) is 0 Å². The van der Waals surface area contributed by atoms with Gasteiger partial charge in [0.25, 0.3) is 0 Å². The first-order valence-electron chi connectivity index (χ1n) is 15.3. The third kappa shape index (κ3) is 3.99. The van der Waals surface area contributed by atoms with Gasteiger partial charge in [0.05, 0.1) is 0 Å². The zero-order chi connectivity index (χ0) is 29.3. The first-order valence-corrected chi connectivity index (χ1v) is 15.3. The Morgan fingerprint density at radius 3 is 1.09 bits per heavy atom. The maximum Gasteiger partial charge on any atom is 0.0387 e. The molecule has 8 rings (SSSR count). The van der Waals surface area contributed by atoms with Gasteiger partial charge in [-0.1, -0.05) is 125 Å². The summed E-state index contributed by atoms with van der Waals surface area (Å²) in [6.45, 7) is 9.42. The van der Waals surface area contributed by atoms with Crippen LogP contribution in [0.15, 0.2) is 133 Å². The minimum absolute atomic E-state index is 0.0782. The second-order valence-corrected chi connectivity index (χ2v) is 13.1. The van der Waals surface area contributed by atoms with Gasteiger partial charge in [-0.15, -0.1) is 0 Å². The van der Waals surface area contributed by atoms with E-state index in [-0.39, 0.29) is 10.8 Å². The molecule has 0 heterocycles. The molecule has 0 fully saturated rings. The summed E-state index contributed by atoms with van der Waals surface area (Å²) in [7, 11) is 0. The number of anilines is 2. The van der Waals surface area contributed by atoms with Crippen LogP contribution in [-0.4, -0.2) is 0 Å². The molecular weight excluding hydrogens is 518 g/mol. The zero-order valence-electron chi connectivity index (χ0n) is 25.2. The molecular formula is C42H35N. The van der Waals surface area contributed by atoms with Crippen LogP contribution in [0.2, 0.25) is 0 Å². The fourth-order valence-electron chi connectivity index (χ4n) is 7.42. The molecule has 0 atom stereocenters. The first-order chi connectivity index (χ1) is 20.8. The molecule has 6 aromatic rings. The van der Waals surface area contributed by atoms with Crippen LogP contribution in [0.4, 0.5) is 11.4 Å². The molecule has 0 bridgehead atoms. The SMILES string of the molecule is CC1(C)c2cc(Nc3ccc4c(c3)C(C)(C)c3cc(-c5ccccc5)ccc3-4)ccc2-c2ccc(-c3ccccc3)cc21. The maximum atomic E-state index is 3.77. The minimum atomic E-state index is -0.0782. The topological polar surface area (TPSA) is 12.0 Å². The number of hydrogen-bond donors (Lipinski definition) is 1. The van der Waals surface area contributed by atoms with E-state index in [0.717, 1.165) is 11.4 Å². The predicted molar refractivity (Wildman–Crippen MR) is 182 cm³/mol. The summed E-state index contributed by atoms with van der Waals surface area (Å²) in [6, 6.07) is 49.1. The van der Waals surface area contributed by atoms with Crippen molar-refractivity contribution in [1.82, 2.24) is 0 Å². The van der Waals surface area contributed by atoms with Crippen LogP contribution in [0.25, 0.3) is 44.5 Å². The van der Waals surface area contributed by atoms with Gasteiger partial charge < -0.3 is 5.32 Å². The molecule has 0 spiro atoms. The summed E-state index contributed by atoms with van der Waals surface area (Å²) >= 11 is 0. The van der Waals surface area contributed by atoms with Gasteiger partial charge in [-0.25, -0.2) is 0 Å². The highest BCUT2D eigenvalue weighted by molar-refractivity contribution is 5.87. The largest absolute Gasteiger partial charge is 0.356 e. The second-order valence-electron chi connectivity index (χ2n) is 13.1. The highest BCUT2D eigenvalue weighted by atomic mass is 14.9. The number of benzene rings is 6. The van der Waals surface area contributed by atoms with Gasteiger partial charge in [-0.05, 0) is 103 Å². The number of rotatable bonds is 4. The van der Waals surface area contributed by atoms with Crippen molar-refractivity contribution < 1.29 is 0 Å². The Balaban J connectivity index is 1.11. The molecule has 0 aromatic heterocycles. The highest BCUT2D eigenvalue weighted by Gasteiger charge is 2.37. The van der Waals surface area contributed by atoms with E-state index in [4.69, 9.17) is 0 Å². The molecule has 43 heavy (non-hydrogen) atoms. The molecule has 6 aromatic carbocycles. The summed E-state index contributed by atoms with van der Waals surface area (Å²) in [5.74, 6) is 0. The van der Waals surface area contributed by atoms with Gasteiger partial charge in [-0.3, -0.25) is 0 Å². The molecule has 0 saturated carbocycles. The fraction of sp³-hybridized carbons (Fsp3) is 0.143. The minimum Gasteiger partial charge on any atom is -0.356 e. The lowest BCUT2D eigenvalue weighted by atomic mass is 9.81. The van der Waals surface area contributed by atoms with Crippen molar-refractivity contribution in [3.05, 3.63) is 156 Å². The predicted octanol–water partition coefficient (Wildman–Crippen LogP) is 11.4. The summed E-state index contributed by atoms with van der Waals surface area (Å²) < 4.78 is 0. The van der Waals surface area contributed by atoms with Gasteiger partial charge in [-0.2, -0.15) is 0 Å². The smallest absolute Gasteiger partial charge is 0.0387 e. The molecule has 0 amide bonds. The van der Waals surface area contributed by atoms with Crippen molar-refractivity contribution >= 4 is 11.4 Å². The quantitative estimate of drug-likeness (QED) is 0.229. The lowest BCUT2D eigenvalue weighted by Gasteiger charge is -2.23. The number of hydrogen-bond acceptors (Lipinski definition) is 1. The first kappa shape index (κ1) is 25.8. The maximum absolute atomic E-state index is 3.77. The van der Waals surface area contributed by atoms with Gasteiger partial charge in [0.15, 0.2) is 0 Å². The lowest BCUT2D eigenvalue weighted by molar-refractivity contribution is 0.660. The zero-order valence-corrected chi connectivity index (χ0v) is 25.2. The molecule has 0 saturated heterocycles. The average Bonchev–Trinajstić information content (AvgIpc) is 3.40. The van der Waals surface area contributed by atoms with Crippen molar-refractivity contribution in [2.45, 2.75) is 38.5 Å². The standard InChI is InChI=1S/C42H35N/c1-41(2)37-23-29(27-11-7-5-8-12-27)15-19-33(37)35-21-17-31(25-39(35)41)43-32-18-22-36-34-20-16-30(28-13-9-6-10-14-28)24-38(34)42(3,4)40(36)26-32/h5-26,43H,1-4H3. The second kappa shape index (κ2) is 9.31. The van der Waals surface area contributed by atoms with Crippen LogP contribution in [0.3, 0.4) is 0 Å². The van der Waals surface area contributed by atoms with Crippen LogP contribution < -0.4 is 5.32 Å². The molecule has 208 valence electrons. The third-order valence-electron chi connectivity index (χ3n) is 9.85. The van der Waals surface area contributed by atoms with Gasteiger partial charge in [0.1, 0.15) is 0 Å². The van der Waals surface area contributed by atoms with Crippen molar-refractivity contribution in [3.63, 3.8) is 0 Å².